The largest absolute Gasteiger partial charge is 0.353 e. The van der Waals surface area contributed by atoms with E-state index in [-0.39, 0.29) is 29.9 Å². The molecule has 7 heteroatoms. The Morgan fingerprint density at radius 2 is 1.73 bits per heavy atom. The van der Waals surface area contributed by atoms with Gasteiger partial charge in [0.05, 0.1) is 11.4 Å². The Kier molecular flexibility index (Phi) is 6.88. The maximum absolute atomic E-state index is 13.1. The minimum atomic E-state index is -3.87. The SMILES string of the molecule is CC[C@@H](C)NC(=O)CN(Cc1ccc(F)cc1)S(=O)(=O)c1ccccc1. The van der Waals surface area contributed by atoms with Gasteiger partial charge < -0.3 is 5.32 Å². The molecule has 0 saturated heterocycles. The molecule has 1 N–H and O–H groups in total. The summed E-state index contributed by atoms with van der Waals surface area (Å²) < 4.78 is 40.2. The van der Waals surface area contributed by atoms with Crippen molar-refractivity contribution in [2.45, 2.75) is 37.8 Å². The highest BCUT2D eigenvalue weighted by Crippen LogP contribution is 2.18. The van der Waals surface area contributed by atoms with Gasteiger partial charge in [0.1, 0.15) is 5.82 Å². The van der Waals surface area contributed by atoms with Gasteiger partial charge in [0, 0.05) is 12.6 Å². The van der Waals surface area contributed by atoms with Crippen LogP contribution >= 0.6 is 0 Å². The van der Waals surface area contributed by atoms with Crippen molar-refractivity contribution in [1.82, 2.24) is 9.62 Å². The molecule has 26 heavy (non-hydrogen) atoms. The maximum atomic E-state index is 13.1. The number of rotatable bonds is 8. The molecule has 0 radical (unpaired) electrons. The van der Waals surface area contributed by atoms with E-state index in [1.54, 1.807) is 18.2 Å². The van der Waals surface area contributed by atoms with E-state index in [1.807, 2.05) is 13.8 Å². The summed E-state index contributed by atoms with van der Waals surface area (Å²) in [7, 11) is -3.87. The molecule has 5 nitrogen and oxygen atoms in total. The first-order chi connectivity index (χ1) is 12.3. The predicted octanol–water partition coefficient (Wildman–Crippen LogP) is 2.93. The van der Waals surface area contributed by atoms with Crippen LogP contribution in [0.15, 0.2) is 59.5 Å². The van der Waals surface area contributed by atoms with Crippen molar-refractivity contribution in [3.63, 3.8) is 0 Å². The van der Waals surface area contributed by atoms with Crippen LogP contribution in [0.25, 0.3) is 0 Å². The van der Waals surface area contributed by atoms with Crippen LogP contribution in [-0.4, -0.2) is 31.2 Å². The standard InChI is InChI=1S/C19H23FN2O3S/c1-3-15(2)21-19(23)14-22(13-16-9-11-17(20)12-10-16)26(24,25)18-7-5-4-6-8-18/h4-12,15H,3,13-14H2,1-2H3,(H,21,23)/t15-/m1/s1. The second-order valence-electron chi connectivity index (χ2n) is 6.09. The average molecular weight is 378 g/mol. The summed E-state index contributed by atoms with van der Waals surface area (Å²) in [6, 6.07) is 13.5. The molecule has 2 aromatic rings. The van der Waals surface area contributed by atoms with Crippen molar-refractivity contribution in [2.24, 2.45) is 0 Å². The quantitative estimate of drug-likeness (QED) is 0.768. The Bertz CT molecular complexity index is 824. The van der Waals surface area contributed by atoms with E-state index < -0.39 is 15.8 Å². The molecule has 0 aromatic heterocycles. The predicted molar refractivity (Wildman–Crippen MR) is 98.3 cm³/mol. The second-order valence-corrected chi connectivity index (χ2v) is 8.03. The van der Waals surface area contributed by atoms with Gasteiger partial charge in [-0.15, -0.1) is 0 Å². The minimum absolute atomic E-state index is 0.0224. The molecule has 0 aliphatic rings. The third kappa shape index (κ3) is 5.37. The van der Waals surface area contributed by atoms with Crippen molar-refractivity contribution in [2.75, 3.05) is 6.54 Å². The highest BCUT2D eigenvalue weighted by molar-refractivity contribution is 7.89. The number of sulfonamides is 1. The number of hydrogen-bond acceptors (Lipinski definition) is 3. The lowest BCUT2D eigenvalue weighted by Crippen LogP contribution is -2.43. The van der Waals surface area contributed by atoms with Gasteiger partial charge in [-0.1, -0.05) is 37.3 Å². The van der Waals surface area contributed by atoms with Crippen LogP contribution in [-0.2, 0) is 21.4 Å². The summed E-state index contributed by atoms with van der Waals surface area (Å²) >= 11 is 0. The number of amides is 1. The Hall–Kier alpha value is -2.25. The third-order valence-corrected chi connectivity index (χ3v) is 5.80. The summed E-state index contributed by atoms with van der Waals surface area (Å²) in [5.41, 5.74) is 0.599. The lowest BCUT2D eigenvalue weighted by Gasteiger charge is -2.23. The lowest BCUT2D eigenvalue weighted by molar-refractivity contribution is -0.122. The van der Waals surface area contributed by atoms with E-state index >= 15 is 0 Å². The summed E-state index contributed by atoms with van der Waals surface area (Å²) in [6.07, 6.45) is 0.745. The fourth-order valence-corrected chi connectivity index (χ4v) is 3.75. The number of halogens is 1. The summed E-state index contributed by atoms with van der Waals surface area (Å²) in [5.74, 6) is -0.776. The summed E-state index contributed by atoms with van der Waals surface area (Å²) in [5, 5.41) is 2.77. The topological polar surface area (TPSA) is 66.5 Å². The Morgan fingerprint density at radius 3 is 2.31 bits per heavy atom. The number of carbonyl (C=O) groups is 1. The molecule has 140 valence electrons. The molecule has 0 bridgehead atoms. The van der Waals surface area contributed by atoms with E-state index in [1.165, 1.54) is 36.4 Å². The van der Waals surface area contributed by atoms with Crippen LogP contribution in [0.4, 0.5) is 4.39 Å². The Morgan fingerprint density at radius 1 is 1.12 bits per heavy atom. The Labute approximate surface area is 153 Å². The van der Waals surface area contributed by atoms with E-state index in [0.717, 1.165) is 10.7 Å². The van der Waals surface area contributed by atoms with Gasteiger partial charge >= 0.3 is 0 Å². The highest BCUT2D eigenvalue weighted by atomic mass is 32.2. The summed E-state index contributed by atoms with van der Waals surface area (Å²) in [4.78, 5) is 12.4. The maximum Gasteiger partial charge on any atom is 0.243 e. The van der Waals surface area contributed by atoms with Crippen LogP contribution in [0.1, 0.15) is 25.8 Å². The monoisotopic (exact) mass is 378 g/mol. The molecule has 2 rings (SSSR count). The summed E-state index contributed by atoms with van der Waals surface area (Å²) in [6.45, 7) is 3.46. The van der Waals surface area contributed by atoms with Crippen molar-refractivity contribution in [3.05, 3.63) is 66.0 Å². The van der Waals surface area contributed by atoms with Crippen molar-refractivity contribution >= 4 is 15.9 Å². The second kappa shape index (κ2) is 8.91. The van der Waals surface area contributed by atoms with Gasteiger partial charge in [0.15, 0.2) is 0 Å². The fraction of sp³-hybridized carbons (Fsp3) is 0.316. The van der Waals surface area contributed by atoms with E-state index in [0.29, 0.717) is 5.56 Å². The first kappa shape index (κ1) is 20.1. The number of nitrogens with zero attached hydrogens (tertiary/aromatic N) is 1. The molecule has 0 unspecified atom stereocenters. The molecule has 0 saturated carbocycles. The number of carbonyl (C=O) groups excluding carboxylic acids is 1. The molecule has 0 spiro atoms. The molecular formula is C19H23FN2O3S. The van der Waals surface area contributed by atoms with E-state index in [4.69, 9.17) is 0 Å². The van der Waals surface area contributed by atoms with Crippen molar-refractivity contribution in [3.8, 4) is 0 Å². The van der Waals surface area contributed by atoms with E-state index in [9.17, 15) is 17.6 Å². The molecule has 2 aromatic carbocycles. The van der Waals surface area contributed by atoms with Gasteiger partial charge in [0.2, 0.25) is 15.9 Å². The van der Waals surface area contributed by atoms with Crippen LogP contribution in [0, 0.1) is 5.82 Å². The lowest BCUT2D eigenvalue weighted by atomic mass is 10.2. The van der Waals surface area contributed by atoms with Gasteiger partial charge in [0.25, 0.3) is 0 Å². The molecule has 1 amide bonds. The fourth-order valence-electron chi connectivity index (χ4n) is 2.34. The normalized spacial score (nSPS) is 12.8. The molecular weight excluding hydrogens is 355 g/mol. The van der Waals surface area contributed by atoms with Crippen molar-refractivity contribution in [1.29, 1.82) is 0 Å². The zero-order valence-corrected chi connectivity index (χ0v) is 15.7. The smallest absolute Gasteiger partial charge is 0.243 e. The average Bonchev–Trinajstić information content (AvgIpc) is 2.63. The Balaban J connectivity index is 2.28. The molecule has 0 aliphatic carbocycles. The molecule has 0 heterocycles. The van der Waals surface area contributed by atoms with Crippen molar-refractivity contribution < 1.29 is 17.6 Å². The van der Waals surface area contributed by atoms with Crippen LogP contribution in [0.5, 0.6) is 0 Å². The first-order valence-corrected chi connectivity index (χ1v) is 9.86. The number of hydrogen-bond donors (Lipinski definition) is 1. The zero-order chi connectivity index (χ0) is 19.2. The first-order valence-electron chi connectivity index (χ1n) is 8.42. The minimum Gasteiger partial charge on any atom is -0.353 e. The molecule has 0 fully saturated rings. The van der Waals surface area contributed by atoms with Crippen LogP contribution in [0.2, 0.25) is 0 Å². The number of benzene rings is 2. The number of nitrogens with one attached hydrogen (secondary N) is 1. The van der Waals surface area contributed by atoms with Crippen LogP contribution in [0.3, 0.4) is 0 Å². The van der Waals surface area contributed by atoms with Gasteiger partial charge in [-0.25, -0.2) is 12.8 Å². The van der Waals surface area contributed by atoms with E-state index in [2.05, 4.69) is 5.32 Å². The molecule has 0 aliphatic heterocycles. The molecule has 1 atom stereocenters. The van der Waals surface area contributed by atoms with Gasteiger partial charge in [-0.05, 0) is 43.2 Å². The zero-order valence-electron chi connectivity index (χ0n) is 14.9. The van der Waals surface area contributed by atoms with Gasteiger partial charge in [-0.2, -0.15) is 4.31 Å². The van der Waals surface area contributed by atoms with Crippen LogP contribution < -0.4 is 5.32 Å². The van der Waals surface area contributed by atoms with Gasteiger partial charge in [-0.3, -0.25) is 4.79 Å². The third-order valence-electron chi connectivity index (χ3n) is 3.99. The highest BCUT2D eigenvalue weighted by Gasteiger charge is 2.27.